The van der Waals surface area contributed by atoms with Gasteiger partial charge in [0.1, 0.15) is 0 Å². The third-order valence-corrected chi connectivity index (χ3v) is 2.26. The molecule has 100 valence electrons. The number of quaternary nitrogens is 2. The Morgan fingerprint density at radius 2 is 0.889 bits per heavy atom. The van der Waals surface area contributed by atoms with Crippen LogP contribution in [0.3, 0.4) is 0 Å². The van der Waals surface area contributed by atoms with Crippen LogP contribution in [0, 0.1) is 0 Å². The van der Waals surface area contributed by atoms with Gasteiger partial charge in [-0.15, -0.1) is 0 Å². The molecule has 0 saturated carbocycles. The molecule has 4 heteroatoms. The summed E-state index contributed by atoms with van der Waals surface area (Å²) in [5.74, 6) is 0. The fraction of sp³-hybridized carbons (Fsp3) is 0.143. The first-order valence-corrected chi connectivity index (χ1v) is 5.53. The number of benzene rings is 2. The molecular weight excluding hydrogens is 312 g/mol. The minimum atomic E-state index is 0. The SMILES string of the molecule is [Br-].[Cl-].[NH3+]Cc1ccccc1.[NH3+]Cc1ccccc1. The first kappa shape index (κ1) is 19.5. The van der Waals surface area contributed by atoms with Gasteiger partial charge in [0.15, 0.2) is 0 Å². The van der Waals surface area contributed by atoms with E-state index in [0.717, 1.165) is 13.1 Å². The Bertz CT molecular complexity index is 342. The van der Waals surface area contributed by atoms with Crippen LogP contribution < -0.4 is 40.9 Å². The summed E-state index contributed by atoms with van der Waals surface area (Å²) in [4.78, 5) is 0. The molecule has 0 amide bonds. The smallest absolute Gasteiger partial charge is 0.0997 e. The normalized spacial score (nSPS) is 8.11. The highest BCUT2D eigenvalue weighted by atomic mass is 79.9. The summed E-state index contributed by atoms with van der Waals surface area (Å²) >= 11 is 0. The summed E-state index contributed by atoms with van der Waals surface area (Å²) in [5, 5.41) is 0. The van der Waals surface area contributed by atoms with Gasteiger partial charge in [-0.2, -0.15) is 0 Å². The molecule has 2 aromatic rings. The van der Waals surface area contributed by atoms with Crippen molar-refractivity contribution in [2.45, 2.75) is 13.1 Å². The Morgan fingerprint density at radius 3 is 1.06 bits per heavy atom. The molecule has 18 heavy (non-hydrogen) atoms. The molecule has 0 aliphatic heterocycles. The van der Waals surface area contributed by atoms with E-state index in [2.05, 4.69) is 35.7 Å². The third kappa shape index (κ3) is 8.25. The van der Waals surface area contributed by atoms with Gasteiger partial charge in [0, 0.05) is 11.1 Å². The molecule has 0 bridgehead atoms. The van der Waals surface area contributed by atoms with E-state index in [0.29, 0.717) is 0 Å². The minimum absolute atomic E-state index is 0. The first-order chi connectivity index (χ1) is 7.86. The highest BCUT2D eigenvalue weighted by molar-refractivity contribution is 5.13. The molecule has 0 aliphatic carbocycles. The van der Waals surface area contributed by atoms with Crippen molar-refractivity contribution < 1.29 is 40.9 Å². The van der Waals surface area contributed by atoms with Gasteiger partial charge in [0.2, 0.25) is 0 Å². The van der Waals surface area contributed by atoms with Crippen LogP contribution in [0.15, 0.2) is 60.7 Å². The summed E-state index contributed by atoms with van der Waals surface area (Å²) in [7, 11) is 0. The molecule has 6 N–H and O–H groups in total. The first-order valence-electron chi connectivity index (χ1n) is 5.53. The summed E-state index contributed by atoms with van der Waals surface area (Å²) in [6.07, 6.45) is 0. The monoisotopic (exact) mass is 330 g/mol. The lowest BCUT2D eigenvalue weighted by Gasteiger charge is -1.87. The Kier molecular flexibility index (Phi) is 13.6. The Labute approximate surface area is 126 Å². The molecule has 0 atom stereocenters. The molecular formula is C14H20BrClN2. The van der Waals surface area contributed by atoms with Crippen molar-refractivity contribution in [1.29, 1.82) is 0 Å². The molecule has 2 aromatic carbocycles. The molecule has 0 unspecified atom stereocenters. The summed E-state index contributed by atoms with van der Waals surface area (Å²) in [6.45, 7) is 1.78. The topological polar surface area (TPSA) is 55.3 Å². The van der Waals surface area contributed by atoms with E-state index in [4.69, 9.17) is 0 Å². The lowest BCUT2D eigenvalue weighted by atomic mass is 10.2. The molecule has 2 nitrogen and oxygen atoms in total. The molecule has 0 aliphatic rings. The molecule has 0 saturated heterocycles. The second kappa shape index (κ2) is 12.6. The largest absolute Gasteiger partial charge is 1.00 e. The van der Waals surface area contributed by atoms with Gasteiger partial charge < -0.3 is 40.9 Å². The van der Waals surface area contributed by atoms with Crippen LogP contribution in [0.4, 0.5) is 0 Å². The maximum Gasteiger partial charge on any atom is 0.0997 e. The molecule has 0 heterocycles. The standard InChI is InChI=1S/2C7H9N.BrH.ClH/c2*8-6-7-4-2-1-3-5-7;;/h2*1-5H,6,8H2;2*1H. The van der Waals surface area contributed by atoms with Crippen LogP contribution in [0.25, 0.3) is 0 Å². The quantitative estimate of drug-likeness (QED) is 0.553. The van der Waals surface area contributed by atoms with Crippen molar-refractivity contribution in [3.8, 4) is 0 Å². The summed E-state index contributed by atoms with van der Waals surface area (Å²) in [6, 6.07) is 20.4. The molecule has 0 radical (unpaired) electrons. The summed E-state index contributed by atoms with van der Waals surface area (Å²) in [5.41, 5.74) is 10.1. The van der Waals surface area contributed by atoms with Gasteiger partial charge >= 0.3 is 0 Å². The van der Waals surface area contributed by atoms with Gasteiger partial charge in [-0.3, -0.25) is 0 Å². The predicted molar refractivity (Wildman–Crippen MR) is 66.1 cm³/mol. The highest BCUT2D eigenvalue weighted by Gasteiger charge is 1.83. The number of hydrogen-bond donors (Lipinski definition) is 2. The van der Waals surface area contributed by atoms with E-state index in [-0.39, 0.29) is 29.4 Å². The zero-order chi connectivity index (χ0) is 11.6. The van der Waals surface area contributed by atoms with E-state index in [1.807, 2.05) is 36.4 Å². The van der Waals surface area contributed by atoms with Gasteiger partial charge in [-0.25, -0.2) is 0 Å². The average Bonchev–Trinajstić information content (AvgIpc) is 2.41. The molecule has 0 aromatic heterocycles. The van der Waals surface area contributed by atoms with E-state index >= 15 is 0 Å². The fourth-order valence-electron chi connectivity index (χ4n) is 1.29. The lowest BCUT2D eigenvalue weighted by molar-refractivity contribution is -0.386. The number of halogens is 2. The third-order valence-electron chi connectivity index (χ3n) is 2.26. The predicted octanol–water partition coefficient (Wildman–Crippen LogP) is -5.14. The zero-order valence-electron chi connectivity index (χ0n) is 10.4. The number of hydrogen-bond acceptors (Lipinski definition) is 0. The van der Waals surface area contributed by atoms with Gasteiger partial charge in [-0.05, 0) is 0 Å². The Hall–Kier alpha value is -0.870. The highest BCUT2D eigenvalue weighted by Crippen LogP contribution is 1.93. The van der Waals surface area contributed by atoms with E-state index in [1.54, 1.807) is 0 Å². The second-order valence-corrected chi connectivity index (χ2v) is 3.47. The Balaban J connectivity index is 0. The van der Waals surface area contributed by atoms with Crippen molar-refractivity contribution >= 4 is 0 Å². The van der Waals surface area contributed by atoms with Crippen molar-refractivity contribution in [2.75, 3.05) is 0 Å². The molecule has 0 spiro atoms. The second-order valence-electron chi connectivity index (χ2n) is 3.47. The van der Waals surface area contributed by atoms with Crippen LogP contribution in [-0.4, -0.2) is 0 Å². The molecule has 0 fully saturated rings. The Morgan fingerprint density at radius 1 is 0.611 bits per heavy atom. The van der Waals surface area contributed by atoms with Gasteiger partial charge in [0.05, 0.1) is 13.1 Å². The molecule has 2 rings (SSSR count). The zero-order valence-corrected chi connectivity index (χ0v) is 12.7. The van der Waals surface area contributed by atoms with Crippen molar-refractivity contribution in [2.24, 2.45) is 0 Å². The number of rotatable bonds is 2. The van der Waals surface area contributed by atoms with Crippen molar-refractivity contribution in [3.05, 3.63) is 71.8 Å². The van der Waals surface area contributed by atoms with E-state index in [1.165, 1.54) is 11.1 Å². The van der Waals surface area contributed by atoms with Crippen LogP contribution in [0.1, 0.15) is 11.1 Å². The van der Waals surface area contributed by atoms with E-state index < -0.39 is 0 Å². The van der Waals surface area contributed by atoms with E-state index in [9.17, 15) is 0 Å². The average molecular weight is 332 g/mol. The van der Waals surface area contributed by atoms with Crippen LogP contribution in [0.2, 0.25) is 0 Å². The van der Waals surface area contributed by atoms with Crippen molar-refractivity contribution in [1.82, 2.24) is 0 Å². The van der Waals surface area contributed by atoms with Crippen LogP contribution >= 0.6 is 0 Å². The van der Waals surface area contributed by atoms with Gasteiger partial charge in [0.25, 0.3) is 0 Å². The lowest BCUT2D eigenvalue weighted by Crippen LogP contribution is -3.00. The van der Waals surface area contributed by atoms with Crippen LogP contribution in [-0.2, 0) is 13.1 Å². The minimum Gasteiger partial charge on any atom is -1.00 e. The van der Waals surface area contributed by atoms with Crippen molar-refractivity contribution in [3.63, 3.8) is 0 Å². The fourth-order valence-corrected chi connectivity index (χ4v) is 1.29. The maximum atomic E-state index is 3.76. The summed E-state index contributed by atoms with van der Waals surface area (Å²) < 4.78 is 0. The van der Waals surface area contributed by atoms with Crippen LogP contribution in [0.5, 0.6) is 0 Å². The van der Waals surface area contributed by atoms with Gasteiger partial charge in [-0.1, -0.05) is 60.7 Å². The maximum absolute atomic E-state index is 3.76.